The van der Waals surface area contributed by atoms with Gasteiger partial charge in [-0.1, -0.05) is 12.1 Å². The third-order valence-electron chi connectivity index (χ3n) is 7.12. The van der Waals surface area contributed by atoms with Crippen molar-refractivity contribution in [2.24, 2.45) is 0 Å². The van der Waals surface area contributed by atoms with E-state index in [4.69, 9.17) is 9.47 Å². The summed E-state index contributed by atoms with van der Waals surface area (Å²) in [6.45, 7) is 9.72. The van der Waals surface area contributed by atoms with Crippen molar-refractivity contribution in [1.29, 1.82) is 0 Å². The number of anilines is 4. The smallest absolute Gasteiger partial charge is 0.407 e. The first-order valence-corrected chi connectivity index (χ1v) is 14.3. The fourth-order valence-corrected chi connectivity index (χ4v) is 5.06. The van der Waals surface area contributed by atoms with Crippen LogP contribution in [-0.4, -0.2) is 83.1 Å². The number of rotatable bonds is 6. The summed E-state index contributed by atoms with van der Waals surface area (Å²) in [7, 11) is 0. The van der Waals surface area contributed by atoms with Crippen LogP contribution in [0.15, 0.2) is 55.0 Å². The second-order valence-corrected chi connectivity index (χ2v) is 11.5. The molecule has 2 aliphatic heterocycles. The van der Waals surface area contributed by atoms with Crippen LogP contribution in [0.1, 0.15) is 20.8 Å². The van der Waals surface area contributed by atoms with Crippen molar-refractivity contribution in [3.8, 4) is 11.3 Å². The third kappa shape index (κ3) is 6.78. The van der Waals surface area contributed by atoms with E-state index in [0.717, 1.165) is 46.9 Å². The molecule has 0 saturated carbocycles. The lowest BCUT2D eigenvalue weighted by Crippen LogP contribution is -2.60. The zero-order valence-electron chi connectivity index (χ0n) is 24.4. The van der Waals surface area contributed by atoms with Gasteiger partial charge in [-0.05, 0) is 50.6 Å². The maximum Gasteiger partial charge on any atom is 0.407 e. The molecular weight excluding hydrogens is 550 g/mol. The highest BCUT2D eigenvalue weighted by Crippen LogP contribution is 2.30. The Morgan fingerprint density at radius 1 is 0.977 bits per heavy atom. The van der Waals surface area contributed by atoms with E-state index < -0.39 is 17.7 Å². The zero-order chi connectivity index (χ0) is 30.0. The number of fused-ring (bicyclic) bond motifs is 1. The number of ether oxygens (including phenoxy) is 2. The topological polar surface area (TPSA) is 150 Å². The normalized spacial score (nSPS) is 15.6. The Labute approximate surface area is 249 Å². The number of carbonyl (C=O) groups excluding carboxylic acids is 2. The van der Waals surface area contributed by atoms with Crippen LogP contribution in [0.2, 0.25) is 0 Å². The van der Waals surface area contributed by atoms with Crippen LogP contribution < -0.4 is 25.8 Å². The van der Waals surface area contributed by atoms with E-state index in [9.17, 15) is 9.59 Å². The number of nitrogens with one attached hydrogen (secondary N) is 4. The highest BCUT2D eigenvalue weighted by atomic mass is 16.6. The predicted molar refractivity (Wildman–Crippen MR) is 165 cm³/mol. The lowest BCUT2D eigenvalue weighted by Gasteiger charge is -2.41. The first kappa shape index (κ1) is 28.2. The van der Waals surface area contributed by atoms with Gasteiger partial charge in [0.05, 0.1) is 24.6 Å². The zero-order valence-corrected chi connectivity index (χ0v) is 24.4. The number of hydrogen-bond acceptors (Lipinski definition) is 9. The van der Waals surface area contributed by atoms with Crippen molar-refractivity contribution >= 4 is 46.2 Å². The highest BCUT2D eigenvalue weighted by Gasteiger charge is 2.30. The summed E-state index contributed by atoms with van der Waals surface area (Å²) in [5, 5.41) is 9.48. The van der Waals surface area contributed by atoms with Crippen LogP contribution in [0, 0.1) is 0 Å². The van der Waals surface area contributed by atoms with Crippen LogP contribution in [0.3, 0.4) is 0 Å². The fourth-order valence-electron chi connectivity index (χ4n) is 5.06. The van der Waals surface area contributed by atoms with Gasteiger partial charge < -0.3 is 34.9 Å². The number of aromatic nitrogens is 4. The molecule has 4 aromatic rings. The lowest BCUT2D eigenvalue weighted by molar-refractivity contribution is 0.0496. The molecule has 43 heavy (non-hydrogen) atoms. The Balaban J connectivity index is 1.04. The van der Waals surface area contributed by atoms with Crippen molar-refractivity contribution in [2.75, 3.05) is 59.8 Å². The maximum absolute atomic E-state index is 12.7. The molecule has 13 heteroatoms. The number of carbonyl (C=O) groups is 2. The molecule has 5 heterocycles. The molecule has 0 spiro atoms. The molecule has 3 aromatic heterocycles. The van der Waals surface area contributed by atoms with Crippen molar-refractivity contribution in [1.82, 2.24) is 25.3 Å². The number of morpholine rings is 1. The summed E-state index contributed by atoms with van der Waals surface area (Å²) in [6.07, 6.45) is 2.80. The van der Waals surface area contributed by atoms with Gasteiger partial charge in [0.1, 0.15) is 29.2 Å². The Morgan fingerprint density at radius 3 is 2.49 bits per heavy atom. The number of aromatic amines is 1. The molecule has 0 bridgehead atoms. The minimum atomic E-state index is -0.539. The molecule has 0 aliphatic carbocycles. The third-order valence-corrected chi connectivity index (χ3v) is 7.12. The van der Waals surface area contributed by atoms with Gasteiger partial charge in [-0.15, -0.1) is 0 Å². The molecular formula is C30H35N9O4. The number of alkyl carbamates (subject to hydrolysis) is 1. The number of H-pyrrole nitrogens is 1. The summed E-state index contributed by atoms with van der Waals surface area (Å²) >= 11 is 0. The van der Waals surface area contributed by atoms with Crippen molar-refractivity contribution in [3.63, 3.8) is 0 Å². The van der Waals surface area contributed by atoms with Crippen molar-refractivity contribution < 1.29 is 19.1 Å². The van der Waals surface area contributed by atoms with Crippen LogP contribution in [0.5, 0.6) is 0 Å². The largest absolute Gasteiger partial charge is 0.444 e. The molecule has 2 aliphatic rings. The average Bonchev–Trinajstić information content (AvgIpc) is 3.39. The van der Waals surface area contributed by atoms with Crippen molar-refractivity contribution in [3.05, 3.63) is 55.0 Å². The number of nitrogens with zero attached hydrogens (tertiary/aromatic N) is 5. The summed E-state index contributed by atoms with van der Waals surface area (Å²) in [5.41, 5.74) is 3.65. The Kier molecular flexibility index (Phi) is 7.72. The monoisotopic (exact) mass is 585 g/mol. The molecule has 224 valence electrons. The van der Waals surface area contributed by atoms with Crippen LogP contribution in [-0.2, 0) is 9.47 Å². The van der Waals surface area contributed by atoms with Gasteiger partial charge in [0.2, 0.25) is 0 Å². The van der Waals surface area contributed by atoms with E-state index >= 15 is 0 Å². The van der Waals surface area contributed by atoms with E-state index in [1.165, 1.54) is 0 Å². The molecule has 3 amide bonds. The maximum atomic E-state index is 12.7. The second-order valence-electron chi connectivity index (χ2n) is 11.5. The number of benzene rings is 1. The molecule has 2 fully saturated rings. The molecule has 1 aromatic carbocycles. The first-order valence-electron chi connectivity index (χ1n) is 14.3. The highest BCUT2D eigenvalue weighted by molar-refractivity contribution is 5.99. The summed E-state index contributed by atoms with van der Waals surface area (Å²) < 4.78 is 10.8. The van der Waals surface area contributed by atoms with Gasteiger partial charge in [-0.25, -0.2) is 24.5 Å². The number of urea groups is 1. The molecule has 0 unspecified atom stereocenters. The number of amides is 3. The van der Waals surface area contributed by atoms with Gasteiger partial charge >= 0.3 is 12.1 Å². The van der Waals surface area contributed by atoms with Crippen LogP contribution in [0.4, 0.5) is 32.6 Å². The summed E-state index contributed by atoms with van der Waals surface area (Å²) in [6, 6.07) is 12.9. The predicted octanol–water partition coefficient (Wildman–Crippen LogP) is 4.21. The van der Waals surface area contributed by atoms with Gasteiger partial charge in [-0.2, -0.15) is 0 Å². The Hall–Kier alpha value is -4.91. The Morgan fingerprint density at radius 2 is 1.74 bits per heavy atom. The molecule has 4 N–H and O–H groups in total. The van der Waals surface area contributed by atoms with E-state index in [1.54, 1.807) is 18.6 Å². The average molecular weight is 586 g/mol. The quantitative estimate of drug-likeness (QED) is 0.261. The van der Waals surface area contributed by atoms with Gasteiger partial charge in [0.25, 0.3) is 0 Å². The summed E-state index contributed by atoms with van der Waals surface area (Å²) in [5.74, 6) is 1.32. The van der Waals surface area contributed by atoms with Crippen LogP contribution in [0.25, 0.3) is 22.3 Å². The SMILES string of the molecule is CC(C)(C)OC(=O)NC1CN(c2ccnc(NC(=O)Nc3ccc(-c4cc5c(N6CCOCC6)ncnc5[nH]4)cc3)c2)C1. The minimum Gasteiger partial charge on any atom is -0.444 e. The van der Waals surface area contributed by atoms with Gasteiger partial charge in [0.15, 0.2) is 0 Å². The molecule has 13 nitrogen and oxygen atoms in total. The first-order chi connectivity index (χ1) is 20.7. The fraction of sp³-hybridized carbons (Fsp3) is 0.367. The molecule has 0 radical (unpaired) electrons. The van der Waals surface area contributed by atoms with Crippen LogP contribution >= 0.6 is 0 Å². The van der Waals surface area contributed by atoms with E-state index in [0.29, 0.717) is 37.8 Å². The molecule has 6 rings (SSSR count). The lowest BCUT2D eigenvalue weighted by atomic mass is 10.1. The second kappa shape index (κ2) is 11.8. The van der Waals surface area contributed by atoms with E-state index in [2.05, 4.69) is 51.8 Å². The van der Waals surface area contributed by atoms with Crippen molar-refractivity contribution in [2.45, 2.75) is 32.4 Å². The number of pyridine rings is 1. The van der Waals surface area contributed by atoms with E-state index in [1.807, 2.05) is 51.1 Å². The molecule has 2 saturated heterocycles. The summed E-state index contributed by atoms with van der Waals surface area (Å²) in [4.78, 5) is 45.6. The number of hydrogen-bond donors (Lipinski definition) is 4. The van der Waals surface area contributed by atoms with Gasteiger partial charge in [-0.3, -0.25) is 5.32 Å². The van der Waals surface area contributed by atoms with Gasteiger partial charge in [0, 0.05) is 55.5 Å². The minimum absolute atomic E-state index is 0.00481. The standard InChI is InChI=1S/C30H35N9O4/c1-30(2,3)43-29(41)35-21-16-39(17-21)22-8-9-31-25(14-22)37-28(40)34-20-6-4-19(5-7-20)24-15-23-26(36-24)32-18-33-27(23)38-10-12-42-13-11-38/h4-9,14-15,18,21H,10-13,16-17H2,1-3H3,(H,35,41)(H,32,33,36)(H2,31,34,37,40). The van der Waals surface area contributed by atoms with E-state index in [-0.39, 0.29) is 6.04 Å². The Bertz CT molecular complexity index is 1600. The molecule has 0 atom stereocenters.